The maximum absolute atomic E-state index is 13.8. The molecule has 1 aliphatic rings. The summed E-state index contributed by atoms with van der Waals surface area (Å²) in [5.41, 5.74) is 6.15. The third kappa shape index (κ3) is 4.14. The summed E-state index contributed by atoms with van der Waals surface area (Å²) in [5.74, 6) is 0.741. The average Bonchev–Trinajstić information content (AvgIpc) is 3.28. The van der Waals surface area contributed by atoms with Crippen molar-refractivity contribution in [1.82, 2.24) is 30.0 Å². The topological polar surface area (TPSA) is 87.9 Å². The van der Waals surface area contributed by atoms with Gasteiger partial charge in [0, 0.05) is 45.1 Å². The van der Waals surface area contributed by atoms with Crippen LogP contribution in [0.25, 0.3) is 26.1 Å². The number of hydrogen-bond acceptors (Lipinski definition) is 9. The zero-order chi connectivity index (χ0) is 23.8. The highest BCUT2D eigenvalue weighted by molar-refractivity contribution is 7.24. The lowest BCUT2D eigenvalue weighted by Crippen LogP contribution is -2.44. The van der Waals surface area contributed by atoms with E-state index in [9.17, 15) is 4.79 Å². The van der Waals surface area contributed by atoms with E-state index in [1.54, 1.807) is 23.7 Å². The molecule has 35 heavy (non-hydrogen) atoms. The van der Waals surface area contributed by atoms with Crippen molar-refractivity contribution in [3.05, 3.63) is 76.2 Å². The molecule has 6 rings (SSSR count). The number of pyridine rings is 2. The van der Waals surface area contributed by atoms with Gasteiger partial charge in [0.15, 0.2) is 16.9 Å². The summed E-state index contributed by atoms with van der Waals surface area (Å²) in [6.45, 7) is 4.28. The molecule has 4 aromatic heterocycles. The maximum Gasteiger partial charge on any atom is 0.198 e. The minimum absolute atomic E-state index is 0.0671. The van der Waals surface area contributed by atoms with Gasteiger partial charge in [-0.1, -0.05) is 12.1 Å². The number of hydroxylamine groups is 1. The summed E-state index contributed by atoms with van der Waals surface area (Å²) >= 11 is 1.57. The molecule has 0 saturated carbocycles. The number of fused-ring (bicyclic) bond motifs is 5. The van der Waals surface area contributed by atoms with Crippen molar-refractivity contribution < 1.29 is 4.84 Å². The molecular weight excluding hydrogens is 462 g/mol. The Labute approximate surface area is 205 Å². The Morgan fingerprint density at radius 1 is 1.06 bits per heavy atom. The van der Waals surface area contributed by atoms with E-state index in [1.807, 2.05) is 40.8 Å². The van der Waals surface area contributed by atoms with E-state index >= 15 is 0 Å². The van der Waals surface area contributed by atoms with Gasteiger partial charge in [0.25, 0.3) is 0 Å². The average molecular weight is 488 g/mol. The number of para-hydroxylation sites is 1. The van der Waals surface area contributed by atoms with Crippen LogP contribution in [0.4, 0.5) is 5.82 Å². The van der Waals surface area contributed by atoms with Gasteiger partial charge >= 0.3 is 0 Å². The molecular formula is C25H25N7O2S. The van der Waals surface area contributed by atoms with Crippen molar-refractivity contribution in [1.29, 1.82) is 0 Å². The number of anilines is 1. The van der Waals surface area contributed by atoms with E-state index in [0.29, 0.717) is 23.1 Å². The van der Waals surface area contributed by atoms with E-state index in [-0.39, 0.29) is 12.0 Å². The summed E-state index contributed by atoms with van der Waals surface area (Å²) in [4.78, 5) is 28.9. The van der Waals surface area contributed by atoms with Gasteiger partial charge in [0.1, 0.15) is 11.4 Å². The quantitative estimate of drug-likeness (QED) is 0.289. The molecule has 0 unspecified atom stereocenters. The van der Waals surface area contributed by atoms with E-state index < -0.39 is 0 Å². The fraction of sp³-hybridized carbons (Fsp3) is 0.280. The molecule has 1 aromatic carbocycles. The Morgan fingerprint density at radius 3 is 2.69 bits per heavy atom. The maximum atomic E-state index is 13.8. The Bertz CT molecular complexity index is 1560. The molecule has 0 amide bonds. The van der Waals surface area contributed by atoms with Crippen LogP contribution >= 0.6 is 11.3 Å². The van der Waals surface area contributed by atoms with Gasteiger partial charge < -0.3 is 9.80 Å². The summed E-state index contributed by atoms with van der Waals surface area (Å²) in [6, 6.07) is 13.8. The van der Waals surface area contributed by atoms with Crippen LogP contribution in [-0.4, -0.2) is 57.7 Å². The molecule has 1 fully saturated rings. The molecule has 0 atom stereocenters. The predicted molar refractivity (Wildman–Crippen MR) is 138 cm³/mol. The van der Waals surface area contributed by atoms with Gasteiger partial charge in [0.2, 0.25) is 0 Å². The molecule has 5 heterocycles. The lowest BCUT2D eigenvalue weighted by atomic mass is 10.2. The smallest absolute Gasteiger partial charge is 0.198 e. The number of nitrogens with one attached hydrogen (secondary N) is 1. The number of piperazine rings is 1. The first-order valence-corrected chi connectivity index (χ1v) is 12.4. The van der Waals surface area contributed by atoms with Crippen LogP contribution in [0, 0.1) is 0 Å². The number of rotatable bonds is 6. The highest BCUT2D eigenvalue weighted by Crippen LogP contribution is 2.31. The van der Waals surface area contributed by atoms with Gasteiger partial charge in [-0.25, -0.2) is 0 Å². The van der Waals surface area contributed by atoms with Crippen LogP contribution in [0.5, 0.6) is 0 Å². The predicted octanol–water partition coefficient (Wildman–Crippen LogP) is 2.83. The van der Waals surface area contributed by atoms with E-state index in [4.69, 9.17) is 4.84 Å². The first-order chi connectivity index (χ1) is 17.2. The van der Waals surface area contributed by atoms with Crippen LogP contribution in [0.15, 0.2) is 59.7 Å². The molecule has 1 aliphatic heterocycles. The van der Waals surface area contributed by atoms with Crippen LogP contribution in [0.1, 0.15) is 11.1 Å². The second-order valence-electron chi connectivity index (χ2n) is 8.71. The fourth-order valence-electron chi connectivity index (χ4n) is 4.44. The standard InChI is InChI=1S/C25H25N7O2S/c1-30-10-12-31(13-11-30)22-14-18-23(33)19(16-34-27-15-17-6-8-26-9-7-17)25-32(24(18)29-28-22)20-4-2-3-5-21(20)35-25/h2-9,14,27H,10-13,15-16H2,1H3. The normalized spacial score (nSPS) is 14.9. The molecule has 1 N–H and O–H groups in total. The molecule has 0 spiro atoms. The molecule has 0 bridgehead atoms. The number of aromatic nitrogens is 4. The Balaban J connectivity index is 1.41. The number of hydrogen-bond donors (Lipinski definition) is 1. The first-order valence-electron chi connectivity index (χ1n) is 11.6. The van der Waals surface area contributed by atoms with Crippen molar-refractivity contribution in [3.8, 4) is 0 Å². The van der Waals surface area contributed by atoms with Crippen molar-refractivity contribution in [2.75, 3.05) is 38.1 Å². The molecule has 1 saturated heterocycles. The number of benzene rings is 1. The molecule has 0 aliphatic carbocycles. The van der Waals surface area contributed by atoms with Gasteiger partial charge in [-0.3, -0.25) is 19.0 Å². The first kappa shape index (κ1) is 22.1. The number of nitrogens with zero attached hydrogens (tertiary/aromatic N) is 6. The second kappa shape index (κ2) is 9.31. The van der Waals surface area contributed by atoms with Crippen LogP contribution in [0.2, 0.25) is 0 Å². The van der Waals surface area contributed by atoms with E-state index in [2.05, 4.69) is 43.6 Å². The zero-order valence-corrected chi connectivity index (χ0v) is 20.2. The highest BCUT2D eigenvalue weighted by atomic mass is 32.1. The zero-order valence-electron chi connectivity index (χ0n) is 19.3. The number of thiazole rings is 1. The summed E-state index contributed by atoms with van der Waals surface area (Å²) in [5, 5.41) is 9.65. The van der Waals surface area contributed by atoms with Crippen LogP contribution < -0.4 is 15.8 Å². The van der Waals surface area contributed by atoms with Crippen molar-refractivity contribution in [2.45, 2.75) is 13.2 Å². The molecule has 0 radical (unpaired) electrons. The minimum atomic E-state index is -0.0671. The molecule has 178 valence electrons. The van der Waals surface area contributed by atoms with Crippen molar-refractivity contribution >= 4 is 43.2 Å². The molecule has 5 aromatic rings. The molecule has 10 heteroatoms. The van der Waals surface area contributed by atoms with Gasteiger partial charge in [-0.15, -0.1) is 21.5 Å². The lowest BCUT2D eigenvalue weighted by Gasteiger charge is -2.32. The third-order valence-corrected chi connectivity index (χ3v) is 7.63. The Morgan fingerprint density at radius 2 is 1.86 bits per heavy atom. The van der Waals surface area contributed by atoms with Crippen LogP contribution in [-0.2, 0) is 18.0 Å². The third-order valence-electron chi connectivity index (χ3n) is 6.44. The van der Waals surface area contributed by atoms with Crippen molar-refractivity contribution in [3.63, 3.8) is 0 Å². The summed E-state index contributed by atoms with van der Waals surface area (Å²) in [6.07, 6.45) is 3.49. The van der Waals surface area contributed by atoms with Crippen molar-refractivity contribution in [2.24, 2.45) is 0 Å². The Kier molecular flexibility index (Phi) is 5.86. The van der Waals surface area contributed by atoms with Gasteiger partial charge in [-0.05, 0) is 42.9 Å². The summed E-state index contributed by atoms with van der Waals surface area (Å²) in [7, 11) is 2.11. The van der Waals surface area contributed by atoms with Gasteiger partial charge in [0.05, 0.1) is 21.2 Å². The SMILES string of the molecule is CN1CCN(c2cc3c(=O)c(CONCc4ccncc4)c4sc5ccccc5n4c3nn2)CC1. The fourth-order valence-corrected chi connectivity index (χ4v) is 5.61. The van der Waals surface area contributed by atoms with E-state index in [0.717, 1.165) is 52.6 Å². The summed E-state index contributed by atoms with van der Waals surface area (Å²) < 4.78 is 3.12. The Hall–Kier alpha value is -3.44. The second-order valence-corrected chi connectivity index (χ2v) is 9.74. The molecule has 9 nitrogen and oxygen atoms in total. The lowest BCUT2D eigenvalue weighted by molar-refractivity contribution is 0.0237. The minimum Gasteiger partial charge on any atom is -0.353 e. The largest absolute Gasteiger partial charge is 0.353 e. The van der Waals surface area contributed by atoms with Gasteiger partial charge in [-0.2, -0.15) is 5.48 Å². The van der Waals surface area contributed by atoms with E-state index in [1.165, 1.54) is 0 Å². The van der Waals surface area contributed by atoms with Crippen LogP contribution in [0.3, 0.4) is 0 Å². The highest BCUT2D eigenvalue weighted by Gasteiger charge is 2.21. The monoisotopic (exact) mass is 487 g/mol. The number of likely N-dealkylation sites (N-methyl/N-ethyl adjacent to an activating group) is 1.